The predicted octanol–water partition coefficient (Wildman–Crippen LogP) is 7.16. The van der Waals surface area contributed by atoms with Crippen LogP contribution in [0.1, 0.15) is 0 Å². The Labute approximate surface area is 227 Å². The van der Waals surface area contributed by atoms with Gasteiger partial charge < -0.3 is 0 Å². The van der Waals surface area contributed by atoms with Gasteiger partial charge in [-0.2, -0.15) is 0 Å². The van der Waals surface area contributed by atoms with E-state index in [0.29, 0.717) is 0 Å². The molecule has 6 aromatic heterocycles. The maximum Gasteiger partial charge on any atom is 0.140 e. The molecule has 0 unspecified atom stereocenters. The normalized spacial score (nSPS) is 12.0. The van der Waals surface area contributed by atoms with Crippen LogP contribution in [-0.4, -0.2) is 34.3 Å². The average Bonchev–Trinajstić information content (AvgIpc) is 3.54. The molecule has 0 aliphatic rings. The highest BCUT2D eigenvalue weighted by atomic mass is 15.2. The second kappa shape index (κ2) is 7.91. The fraction of sp³-hybridized carbons (Fsp3) is 0. The van der Waals surface area contributed by atoms with Gasteiger partial charge >= 0.3 is 0 Å². The quantitative estimate of drug-likeness (QED) is 0.245. The number of hydrogen-bond acceptors (Lipinski definition) is 5. The van der Waals surface area contributed by atoms with E-state index in [0.717, 1.165) is 77.2 Å². The van der Waals surface area contributed by atoms with Crippen molar-refractivity contribution in [3.63, 3.8) is 0 Å². The lowest BCUT2D eigenvalue weighted by molar-refractivity contribution is 1.05. The number of para-hydroxylation sites is 1. The van der Waals surface area contributed by atoms with Crippen LogP contribution in [-0.2, 0) is 0 Å². The van der Waals surface area contributed by atoms with Gasteiger partial charge in [0.15, 0.2) is 0 Å². The topological polar surface area (TPSA) is 74.3 Å². The number of pyridine rings is 3. The van der Waals surface area contributed by atoms with Gasteiger partial charge in [-0.1, -0.05) is 66.7 Å². The Hall–Kier alpha value is -5.69. The highest BCUT2D eigenvalue weighted by molar-refractivity contribution is 6.20. The summed E-state index contributed by atoms with van der Waals surface area (Å²) < 4.78 is 4.36. The van der Waals surface area contributed by atoms with E-state index in [4.69, 9.17) is 25.1 Å². The monoisotopic (exact) mass is 513 g/mol. The first-order chi connectivity index (χ1) is 19.8. The smallest absolute Gasteiger partial charge is 0.140 e. The van der Waals surface area contributed by atoms with Crippen LogP contribution in [0.25, 0.3) is 77.2 Å². The van der Waals surface area contributed by atoms with Crippen molar-refractivity contribution in [1.29, 1.82) is 0 Å². The lowest BCUT2D eigenvalue weighted by Crippen LogP contribution is -2.02. The molecule has 0 atom stereocenters. The lowest BCUT2D eigenvalue weighted by Gasteiger charge is -2.11. The van der Waals surface area contributed by atoms with E-state index in [-0.39, 0.29) is 0 Å². The first-order valence-corrected chi connectivity index (χ1v) is 13.1. The molecule has 186 valence electrons. The molecule has 0 aliphatic carbocycles. The van der Waals surface area contributed by atoms with Gasteiger partial charge in [0, 0.05) is 34.7 Å². The fourth-order valence-corrected chi connectivity index (χ4v) is 5.92. The molecular weight excluding hydrogens is 494 g/mol. The predicted molar refractivity (Wildman–Crippen MR) is 159 cm³/mol. The summed E-state index contributed by atoms with van der Waals surface area (Å²) in [5.41, 5.74) is 6.06. The number of aromatic nitrogens is 7. The molecule has 7 heteroatoms. The van der Waals surface area contributed by atoms with Crippen LogP contribution >= 0.6 is 0 Å². The lowest BCUT2D eigenvalue weighted by atomic mass is 10.2. The number of hydrogen-bond donors (Lipinski definition) is 0. The van der Waals surface area contributed by atoms with Gasteiger partial charge in [-0.3, -0.25) is 14.1 Å². The average molecular weight is 514 g/mol. The number of benzene rings is 3. The summed E-state index contributed by atoms with van der Waals surface area (Å²) >= 11 is 0. The molecule has 0 aliphatic heterocycles. The summed E-state index contributed by atoms with van der Waals surface area (Å²) in [5, 5.41) is 15.0. The molecule has 0 fully saturated rings. The zero-order chi connectivity index (χ0) is 26.2. The van der Waals surface area contributed by atoms with E-state index in [2.05, 4.69) is 69.8 Å². The molecule has 40 heavy (non-hydrogen) atoms. The van der Waals surface area contributed by atoms with Crippen molar-refractivity contribution in [2.45, 2.75) is 0 Å². The second-order valence-corrected chi connectivity index (χ2v) is 9.93. The minimum absolute atomic E-state index is 0.725. The maximum absolute atomic E-state index is 4.93. The number of fused-ring (bicyclic) bond motifs is 9. The van der Waals surface area contributed by atoms with Crippen molar-refractivity contribution in [1.82, 2.24) is 34.3 Å². The molecule has 3 aromatic carbocycles. The summed E-state index contributed by atoms with van der Waals surface area (Å²) in [7, 11) is 0. The van der Waals surface area contributed by atoms with Crippen LogP contribution < -0.4 is 0 Å². The molecule has 0 saturated heterocycles. The van der Waals surface area contributed by atoms with Crippen molar-refractivity contribution < 1.29 is 0 Å². The molecule has 0 bridgehead atoms. The number of rotatable bonds is 2. The Balaban J connectivity index is 1.51. The summed E-state index contributed by atoms with van der Waals surface area (Å²) in [6, 6.07) is 33.1. The molecule has 0 N–H and O–H groups in total. The SMILES string of the molecule is c1ccc2cc(-n3c4ccccc4c4nnc5c6ncccc6n(-c6cc7ccccc7cn6)c5c43)ncc2c1. The Bertz CT molecular complexity index is 2280. The summed E-state index contributed by atoms with van der Waals surface area (Å²) in [6.07, 6.45) is 5.65. The Morgan fingerprint density at radius 1 is 0.450 bits per heavy atom. The van der Waals surface area contributed by atoms with Crippen molar-refractivity contribution in [2.75, 3.05) is 0 Å². The highest BCUT2D eigenvalue weighted by Gasteiger charge is 2.24. The van der Waals surface area contributed by atoms with E-state index in [1.807, 2.05) is 48.8 Å². The van der Waals surface area contributed by atoms with Gasteiger partial charge in [-0.05, 0) is 41.1 Å². The first-order valence-electron chi connectivity index (χ1n) is 13.1. The third kappa shape index (κ3) is 2.86. The Kier molecular flexibility index (Phi) is 4.20. The molecule has 0 saturated carbocycles. The minimum Gasteiger partial charge on any atom is -0.290 e. The summed E-state index contributed by atoms with van der Waals surface area (Å²) in [5.74, 6) is 1.61. The molecule has 0 radical (unpaired) electrons. The van der Waals surface area contributed by atoms with Gasteiger partial charge in [0.05, 0.1) is 11.0 Å². The van der Waals surface area contributed by atoms with Gasteiger partial charge in [-0.25, -0.2) is 9.97 Å². The third-order valence-electron chi connectivity index (χ3n) is 7.71. The standard InChI is InChI=1S/C33H19N7/c1-3-10-22-18-35-27(16-20(22)8-1)39-25-13-6-5-12-24(25)29-32(39)33-31(38-37-29)30-26(14-7-15-34-30)40(33)28-17-21-9-2-4-11-23(21)19-36-28/h1-19H. The van der Waals surface area contributed by atoms with E-state index in [1.54, 1.807) is 6.20 Å². The summed E-state index contributed by atoms with van der Waals surface area (Å²) in [6.45, 7) is 0. The van der Waals surface area contributed by atoms with E-state index >= 15 is 0 Å². The zero-order valence-corrected chi connectivity index (χ0v) is 21.1. The molecule has 9 rings (SSSR count). The molecule has 9 aromatic rings. The van der Waals surface area contributed by atoms with Gasteiger partial charge in [-0.15, -0.1) is 10.2 Å². The Morgan fingerprint density at radius 3 is 1.73 bits per heavy atom. The van der Waals surface area contributed by atoms with Crippen molar-refractivity contribution in [3.8, 4) is 11.6 Å². The van der Waals surface area contributed by atoms with Gasteiger partial charge in [0.25, 0.3) is 0 Å². The van der Waals surface area contributed by atoms with Gasteiger partial charge in [0.2, 0.25) is 0 Å². The molecule has 0 spiro atoms. The van der Waals surface area contributed by atoms with E-state index < -0.39 is 0 Å². The van der Waals surface area contributed by atoms with Crippen molar-refractivity contribution in [2.24, 2.45) is 0 Å². The summed E-state index contributed by atoms with van der Waals surface area (Å²) in [4.78, 5) is 14.6. The highest BCUT2D eigenvalue weighted by Crippen LogP contribution is 2.38. The first kappa shape index (κ1) is 21.3. The van der Waals surface area contributed by atoms with Crippen LogP contribution in [0.2, 0.25) is 0 Å². The van der Waals surface area contributed by atoms with Crippen LogP contribution in [0.4, 0.5) is 0 Å². The molecule has 7 nitrogen and oxygen atoms in total. The maximum atomic E-state index is 4.93. The van der Waals surface area contributed by atoms with Crippen molar-refractivity contribution in [3.05, 3.63) is 116 Å². The van der Waals surface area contributed by atoms with Crippen LogP contribution in [0, 0.1) is 0 Å². The molecular formula is C33H19N7. The van der Waals surface area contributed by atoms with Crippen LogP contribution in [0.3, 0.4) is 0 Å². The Morgan fingerprint density at radius 2 is 1.00 bits per heavy atom. The third-order valence-corrected chi connectivity index (χ3v) is 7.71. The largest absolute Gasteiger partial charge is 0.290 e. The van der Waals surface area contributed by atoms with E-state index in [1.165, 1.54) is 0 Å². The second-order valence-electron chi connectivity index (χ2n) is 9.93. The minimum atomic E-state index is 0.725. The zero-order valence-electron chi connectivity index (χ0n) is 21.1. The number of nitrogens with zero attached hydrogens (tertiary/aromatic N) is 7. The van der Waals surface area contributed by atoms with Crippen LogP contribution in [0.15, 0.2) is 116 Å². The molecule has 6 heterocycles. The molecule has 0 amide bonds. The fourth-order valence-electron chi connectivity index (χ4n) is 5.92. The van der Waals surface area contributed by atoms with Crippen molar-refractivity contribution >= 4 is 65.5 Å². The van der Waals surface area contributed by atoms with E-state index in [9.17, 15) is 0 Å². The van der Waals surface area contributed by atoms with Crippen LogP contribution in [0.5, 0.6) is 0 Å². The van der Waals surface area contributed by atoms with Gasteiger partial charge in [0.1, 0.15) is 39.2 Å².